The molecular weight excluding hydrogens is 260 g/mol. The predicted octanol–water partition coefficient (Wildman–Crippen LogP) is 3.07. The molecule has 1 atom stereocenters. The molecule has 0 bridgehead atoms. The molecule has 0 saturated carbocycles. The standard InChI is InChI=1S/C15H22O3S/c1-11(10-16)12-3-4-14(17-2)15(9-12)18-13-5-7-19-8-6-13/h3-4,9,11,13,16H,5-8,10H2,1-2H3. The number of ether oxygens (including phenoxy) is 2. The lowest BCUT2D eigenvalue weighted by Crippen LogP contribution is -2.22. The molecule has 106 valence electrons. The van der Waals surface area contributed by atoms with Crippen LogP contribution in [0.25, 0.3) is 0 Å². The van der Waals surface area contributed by atoms with Crippen LogP contribution in [0.15, 0.2) is 18.2 Å². The first-order valence-corrected chi connectivity index (χ1v) is 7.93. The van der Waals surface area contributed by atoms with Gasteiger partial charge in [0.15, 0.2) is 11.5 Å². The summed E-state index contributed by atoms with van der Waals surface area (Å²) in [6.45, 7) is 2.15. The van der Waals surface area contributed by atoms with Crippen molar-refractivity contribution in [1.29, 1.82) is 0 Å². The minimum absolute atomic E-state index is 0.121. The molecular formula is C15H22O3S. The van der Waals surface area contributed by atoms with Crippen molar-refractivity contribution in [2.75, 3.05) is 25.2 Å². The lowest BCUT2D eigenvalue weighted by atomic mass is 10.0. The highest BCUT2D eigenvalue weighted by Crippen LogP contribution is 2.33. The molecule has 1 N–H and O–H groups in total. The molecule has 1 aromatic carbocycles. The van der Waals surface area contributed by atoms with Gasteiger partial charge in [0.1, 0.15) is 6.10 Å². The number of hydrogen-bond donors (Lipinski definition) is 1. The van der Waals surface area contributed by atoms with E-state index in [1.165, 1.54) is 11.5 Å². The molecule has 0 aromatic heterocycles. The van der Waals surface area contributed by atoms with Gasteiger partial charge in [0.05, 0.1) is 7.11 Å². The van der Waals surface area contributed by atoms with E-state index in [2.05, 4.69) is 0 Å². The minimum atomic E-state index is 0.121. The molecule has 2 rings (SSSR count). The van der Waals surface area contributed by atoms with Crippen LogP contribution in [0.4, 0.5) is 0 Å². The number of rotatable bonds is 5. The number of hydrogen-bond acceptors (Lipinski definition) is 4. The van der Waals surface area contributed by atoms with Crippen LogP contribution in [0.1, 0.15) is 31.2 Å². The molecule has 3 nitrogen and oxygen atoms in total. The maximum absolute atomic E-state index is 9.25. The Bertz CT molecular complexity index is 402. The van der Waals surface area contributed by atoms with E-state index >= 15 is 0 Å². The lowest BCUT2D eigenvalue weighted by molar-refractivity contribution is 0.184. The van der Waals surface area contributed by atoms with Crippen LogP contribution in [0.5, 0.6) is 11.5 Å². The summed E-state index contributed by atoms with van der Waals surface area (Å²) in [4.78, 5) is 0. The Morgan fingerprint density at radius 3 is 2.68 bits per heavy atom. The average Bonchev–Trinajstić information content (AvgIpc) is 2.47. The SMILES string of the molecule is COc1ccc(C(C)CO)cc1OC1CCSCC1. The van der Waals surface area contributed by atoms with E-state index in [0.29, 0.717) is 0 Å². The van der Waals surface area contributed by atoms with Gasteiger partial charge < -0.3 is 14.6 Å². The van der Waals surface area contributed by atoms with Crippen LogP contribution in [-0.4, -0.2) is 36.4 Å². The largest absolute Gasteiger partial charge is 0.493 e. The van der Waals surface area contributed by atoms with Crippen LogP contribution in [-0.2, 0) is 0 Å². The second-order valence-electron chi connectivity index (χ2n) is 4.92. The highest BCUT2D eigenvalue weighted by Gasteiger charge is 2.18. The molecule has 1 heterocycles. The van der Waals surface area contributed by atoms with E-state index in [0.717, 1.165) is 29.9 Å². The van der Waals surface area contributed by atoms with E-state index in [-0.39, 0.29) is 18.6 Å². The van der Waals surface area contributed by atoms with Crippen LogP contribution in [0, 0.1) is 0 Å². The molecule has 0 amide bonds. The summed E-state index contributed by atoms with van der Waals surface area (Å²) in [5.41, 5.74) is 1.09. The third-order valence-electron chi connectivity index (χ3n) is 3.49. The van der Waals surface area contributed by atoms with Crippen LogP contribution in [0.2, 0.25) is 0 Å². The Balaban J connectivity index is 2.15. The Hall–Kier alpha value is -0.870. The molecule has 1 unspecified atom stereocenters. The maximum atomic E-state index is 9.25. The van der Waals surface area contributed by atoms with Gasteiger partial charge in [-0.15, -0.1) is 0 Å². The van der Waals surface area contributed by atoms with Gasteiger partial charge in [-0.1, -0.05) is 13.0 Å². The molecule has 1 saturated heterocycles. The summed E-state index contributed by atoms with van der Waals surface area (Å²) in [5, 5.41) is 9.25. The second kappa shape index (κ2) is 7.06. The van der Waals surface area contributed by atoms with Gasteiger partial charge in [-0.3, -0.25) is 0 Å². The zero-order valence-electron chi connectivity index (χ0n) is 11.6. The quantitative estimate of drug-likeness (QED) is 0.901. The molecule has 0 aliphatic carbocycles. The van der Waals surface area contributed by atoms with Crippen LogP contribution in [0.3, 0.4) is 0 Å². The number of thioether (sulfide) groups is 1. The fourth-order valence-electron chi connectivity index (χ4n) is 2.17. The summed E-state index contributed by atoms with van der Waals surface area (Å²) in [5.74, 6) is 4.03. The van der Waals surface area contributed by atoms with Gasteiger partial charge >= 0.3 is 0 Å². The summed E-state index contributed by atoms with van der Waals surface area (Å²) in [6.07, 6.45) is 2.47. The first-order chi connectivity index (χ1) is 9.24. The Morgan fingerprint density at radius 2 is 2.05 bits per heavy atom. The topological polar surface area (TPSA) is 38.7 Å². The zero-order chi connectivity index (χ0) is 13.7. The highest BCUT2D eigenvalue weighted by molar-refractivity contribution is 7.99. The fraction of sp³-hybridized carbons (Fsp3) is 0.600. The number of aliphatic hydroxyl groups excluding tert-OH is 1. The van der Waals surface area contributed by atoms with Crippen molar-refractivity contribution in [2.24, 2.45) is 0 Å². The lowest BCUT2D eigenvalue weighted by Gasteiger charge is -2.24. The van der Waals surface area contributed by atoms with Gasteiger partial charge in [-0.05, 0) is 42.0 Å². The monoisotopic (exact) mass is 282 g/mol. The third-order valence-corrected chi connectivity index (χ3v) is 4.54. The fourth-order valence-corrected chi connectivity index (χ4v) is 3.23. The Labute approximate surface area is 119 Å². The van der Waals surface area contributed by atoms with E-state index in [1.54, 1.807) is 7.11 Å². The van der Waals surface area contributed by atoms with Gasteiger partial charge in [0.2, 0.25) is 0 Å². The van der Waals surface area contributed by atoms with Gasteiger partial charge in [0, 0.05) is 12.5 Å². The molecule has 1 fully saturated rings. The van der Waals surface area contributed by atoms with Crippen molar-refractivity contribution in [1.82, 2.24) is 0 Å². The molecule has 1 aliphatic heterocycles. The van der Waals surface area contributed by atoms with Crippen molar-refractivity contribution >= 4 is 11.8 Å². The molecule has 19 heavy (non-hydrogen) atoms. The molecule has 4 heteroatoms. The number of aliphatic hydroxyl groups is 1. The van der Waals surface area contributed by atoms with E-state index < -0.39 is 0 Å². The first kappa shape index (κ1) is 14.5. The van der Waals surface area contributed by atoms with Crippen molar-refractivity contribution in [3.63, 3.8) is 0 Å². The first-order valence-electron chi connectivity index (χ1n) is 6.77. The smallest absolute Gasteiger partial charge is 0.161 e. The molecule has 1 aliphatic rings. The Kier molecular flexibility index (Phi) is 5.40. The summed E-state index contributed by atoms with van der Waals surface area (Å²) < 4.78 is 11.5. The average molecular weight is 282 g/mol. The van der Waals surface area contributed by atoms with Gasteiger partial charge in [0.25, 0.3) is 0 Å². The van der Waals surface area contributed by atoms with Gasteiger partial charge in [-0.25, -0.2) is 0 Å². The minimum Gasteiger partial charge on any atom is -0.493 e. The molecule has 0 radical (unpaired) electrons. The maximum Gasteiger partial charge on any atom is 0.161 e. The summed E-state index contributed by atoms with van der Waals surface area (Å²) >= 11 is 1.99. The summed E-state index contributed by atoms with van der Waals surface area (Å²) in [6, 6.07) is 5.92. The Morgan fingerprint density at radius 1 is 1.32 bits per heavy atom. The highest BCUT2D eigenvalue weighted by atomic mass is 32.2. The van der Waals surface area contributed by atoms with Crippen molar-refractivity contribution in [3.05, 3.63) is 23.8 Å². The molecule has 1 aromatic rings. The van der Waals surface area contributed by atoms with Crippen molar-refractivity contribution in [2.45, 2.75) is 31.8 Å². The van der Waals surface area contributed by atoms with Crippen LogP contribution < -0.4 is 9.47 Å². The van der Waals surface area contributed by atoms with E-state index in [9.17, 15) is 5.11 Å². The van der Waals surface area contributed by atoms with E-state index in [4.69, 9.17) is 9.47 Å². The zero-order valence-corrected chi connectivity index (χ0v) is 12.4. The molecule has 0 spiro atoms. The van der Waals surface area contributed by atoms with Gasteiger partial charge in [-0.2, -0.15) is 11.8 Å². The number of benzene rings is 1. The predicted molar refractivity (Wildman–Crippen MR) is 79.5 cm³/mol. The third kappa shape index (κ3) is 3.80. The summed E-state index contributed by atoms with van der Waals surface area (Å²) in [7, 11) is 1.66. The van der Waals surface area contributed by atoms with Crippen molar-refractivity contribution in [3.8, 4) is 11.5 Å². The normalized spacial score (nSPS) is 18.1. The second-order valence-corrected chi connectivity index (χ2v) is 6.15. The van der Waals surface area contributed by atoms with Crippen LogP contribution >= 0.6 is 11.8 Å². The van der Waals surface area contributed by atoms with Crippen molar-refractivity contribution < 1.29 is 14.6 Å². The van der Waals surface area contributed by atoms with E-state index in [1.807, 2.05) is 36.9 Å². The number of methoxy groups -OCH3 is 1.